The lowest BCUT2D eigenvalue weighted by molar-refractivity contribution is 0.249. The number of aliphatic hydroxyl groups excluding tert-OH is 1. The fourth-order valence-corrected chi connectivity index (χ4v) is 6.33. The lowest BCUT2D eigenvalue weighted by atomic mass is 9.82. The third-order valence-corrected chi connectivity index (χ3v) is 11.9. The highest BCUT2D eigenvalue weighted by atomic mass is 28.3. The fourth-order valence-electron chi connectivity index (χ4n) is 3.44. The van der Waals surface area contributed by atoms with E-state index in [1.807, 2.05) is 0 Å². The van der Waals surface area contributed by atoms with Crippen LogP contribution in [-0.4, -0.2) is 19.8 Å². The molecule has 0 spiro atoms. The topological polar surface area (TPSA) is 20.2 Å². The van der Waals surface area contributed by atoms with E-state index in [2.05, 4.69) is 46.0 Å². The van der Waals surface area contributed by atoms with Crippen LogP contribution < -0.4 is 0 Å². The van der Waals surface area contributed by atoms with E-state index in [0.717, 1.165) is 0 Å². The minimum absolute atomic E-state index is 0.310. The Bertz CT molecular complexity index is 398. The van der Waals surface area contributed by atoms with Gasteiger partial charge in [-0.25, -0.2) is 0 Å². The van der Waals surface area contributed by atoms with E-state index in [9.17, 15) is 5.11 Å². The molecule has 0 bridgehead atoms. The maximum atomic E-state index is 9.83. The standard InChI is InChI=1S/C17H30OSi/c1-17(2,3)19(4,5)16-11-14-9-7-6-8-13(14)10-15(16)12-18/h10-11,15-16,18H,6-9,12H2,1-5H3. The first-order valence-electron chi connectivity index (χ1n) is 7.80. The molecule has 0 aromatic carbocycles. The quantitative estimate of drug-likeness (QED) is 0.711. The summed E-state index contributed by atoms with van der Waals surface area (Å²) in [7, 11) is -1.45. The highest BCUT2D eigenvalue weighted by molar-refractivity contribution is 6.82. The van der Waals surface area contributed by atoms with Gasteiger partial charge in [-0.3, -0.25) is 0 Å². The molecule has 1 saturated carbocycles. The van der Waals surface area contributed by atoms with Gasteiger partial charge in [0.05, 0.1) is 8.07 Å². The SMILES string of the molecule is CC(C)(C)[Si](C)(C)C1C=C2CCCCC2=CC1CO. The summed E-state index contributed by atoms with van der Waals surface area (Å²) in [6.07, 6.45) is 10.1. The van der Waals surface area contributed by atoms with Gasteiger partial charge >= 0.3 is 0 Å². The van der Waals surface area contributed by atoms with Gasteiger partial charge in [-0.2, -0.15) is 0 Å². The Morgan fingerprint density at radius 3 is 2.11 bits per heavy atom. The lowest BCUT2D eigenvalue weighted by Gasteiger charge is -2.46. The molecule has 108 valence electrons. The molecular weight excluding hydrogens is 248 g/mol. The molecule has 2 heteroatoms. The molecule has 1 nitrogen and oxygen atoms in total. The summed E-state index contributed by atoms with van der Waals surface area (Å²) >= 11 is 0. The van der Waals surface area contributed by atoms with Gasteiger partial charge in [0.2, 0.25) is 0 Å². The van der Waals surface area contributed by atoms with Gasteiger partial charge < -0.3 is 5.11 Å². The van der Waals surface area contributed by atoms with E-state index in [-0.39, 0.29) is 0 Å². The first kappa shape index (κ1) is 15.1. The normalized spacial score (nSPS) is 28.5. The monoisotopic (exact) mass is 278 g/mol. The number of aliphatic hydroxyl groups is 1. The second kappa shape index (κ2) is 5.21. The molecular formula is C17H30OSi. The number of rotatable bonds is 2. The van der Waals surface area contributed by atoms with Crippen LogP contribution in [0, 0.1) is 5.92 Å². The predicted molar refractivity (Wildman–Crippen MR) is 86.2 cm³/mol. The molecule has 1 fully saturated rings. The molecule has 2 unspecified atom stereocenters. The third kappa shape index (κ3) is 2.75. The Labute approximate surface area is 119 Å². The molecule has 0 heterocycles. The summed E-state index contributed by atoms with van der Waals surface area (Å²) in [5, 5.41) is 10.2. The zero-order valence-corrected chi connectivity index (χ0v) is 14.3. The van der Waals surface area contributed by atoms with E-state index in [0.29, 0.717) is 23.1 Å². The van der Waals surface area contributed by atoms with Crippen LogP contribution in [0.15, 0.2) is 23.3 Å². The zero-order valence-electron chi connectivity index (χ0n) is 13.3. The van der Waals surface area contributed by atoms with E-state index in [1.165, 1.54) is 25.7 Å². The van der Waals surface area contributed by atoms with Crippen molar-refractivity contribution in [3.05, 3.63) is 23.3 Å². The van der Waals surface area contributed by atoms with Crippen molar-refractivity contribution in [1.29, 1.82) is 0 Å². The zero-order chi connectivity index (χ0) is 14.3. The molecule has 2 aliphatic carbocycles. The molecule has 0 saturated heterocycles. The van der Waals surface area contributed by atoms with E-state index in [4.69, 9.17) is 0 Å². The van der Waals surface area contributed by atoms with Crippen molar-refractivity contribution in [3.8, 4) is 0 Å². The number of hydrogen-bond donors (Lipinski definition) is 1. The van der Waals surface area contributed by atoms with Crippen LogP contribution in [0.3, 0.4) is 0 Å². The fraction of sp³-hybridized carbons (Fsp3) is 0.765. The van der Waals surface area contributed by atoms with Crippen LogP contribution in [0.4, 0.5) is 0 Å². The first-order valence-corrected chi connectivity index (χ1v) is 10.9. The molecule has 2 aliphatic rings. The summed E-state index contributed by atoms with van der Waals surface area (Å²) in [6, 6.07) is 0. The minimum atomic E-state index is -1.45. The first-order chi connectivity index (χ1) is 8.77. The molecule has 2 rings (SSSR count). The van der Waals surface area contributed by atoms with Crippen LogP contribution in [-0.2, 0) is 0 Å². The van der Waals surface area contributed by atoms with Gasteiger partial charge in [0, 0.05) is 12.5 Å². The summed E-state index contributed by atoms with van der Waals surface area (Å²) in [4.78, 5) is 0. The molecule has 0 aliphatic heterocycles. The molecule has 0 amide bonds. The van der Waals surface area contributed by atoms with Crippen LogP contribution in [0.5, 0.6) is 0 Å². The van der Waals surface area contributed by atoms with Gasteiger partial charge in [-0.1, -0.05) is 46.0 Å². The maximum absolute atomic E-state index is 9.83. The average molecular weight is 279 g/mol. The number of fused-ring (bicyclic) bond motifs is 1. The van der Waals surface area contributed by atoms with Crippen molar-refractivity contribution >= 4 is 8.07 Å². The van der Waals surface area contributed by atoms with Gasteiger partial charge in [-0.05, 0) is 47.4 Å². The average Bonchev–Trinajstić information content (AvgIpc) is 2.35. The van der Waals surface area contributed by atoms with Crippen LogP contribution in [0.25, 0.3) is 0 Å². The molecule has 0 radical (unpaired) electrons. The highest BCUT2D eigenvalue weighted by Crippen LogP contribution is 2.51. The molecule has 19 heavy (non-hydrogen) atoms. The Balaban J connectivity index is 2.35. The second-order valence-electron chi connectivity index (χ2n) is 7.93. The van der Waals surface area contributed by atoms with Crippen molar-refractivity contribution in [3.63, 3.8) is 0 Å². The molecule has 0 aromatic heterocycles. The van der Waals surface area contributed by atoms with E-state index < -0.39 is 8.07 Å². The second-order valence-corrected chi connectivity index (χ2v) is 13.5. The van der Waals surface area contributed by atoms with Crippen molar-refractivity contribution in [2.75, 3.05) is 6.61 Å². The van der Waals surface area contributed by atoms with E-state index in [1.54, 1.807) is 11.1 Å². The molecule has 0 aromatic rings. The summed E-state index contributed by atoms with van der Waals surface area (Å²) < 4.78 is 0. The predicted octanol–water partition coefficient (Wildman–Crippen LogP) is 4.91. The van der Waals surface area contributed by atoms with E-state index >= 15 is 0 Å². The van der Waals surface area contributed by atoms with Crippen molar-refractivity contribution in [2.45, 2.75) is 70.1 Å². The molecule has 2 atom stereocenters. The smallest absolute Gasteiger partial charge is 0.0605 e. The maximum Gasteiger partial charge on any atom is 0.0605 e. The Hall–Kier alpha value is -0.343. The number of allylic oxidation sites excluding steroid dienone is 3. The highest BCUT2D eigenvalue weighted by Gasteiger charge is 2.45. The van der Waals surface area contributed by atoms with Gasteiger partial charge in [0.25, 0.3) is 0 Å². The summed E-state index contributed by atoms with van der Waals surface area (Å²) in [5.74, 6) is 0.359. The van der Waals surface area contributed by atoms with Crippen LogP contribution >= 0.6 is 0 Å². The minimum Gasteiger partial charge on any atom is -0.396 e. The molecule has 1 N–H and O–H groups in total. The van der Waals surface area contributed by atoms with Crippen molar-refractivity contribution < 1.29 is 5.11 Å². The van der Waals surface area contributed by atoms with Gasteiger partial charge in [-0.15, -0.1) is 0 Å². The van der Waals surface area contributed by atoms with Gasteiger partial charge in [0.1, 0.15) is 0 Å². The number of hydrogen-bond acceptors (Lipinski definition) is 1. The lowest BCUT2D eigenvalue weighted by Crippen LogP contribution is -2.45. The summed E-state index contributed by atoms with van der Waals surface area (Å²) in [6.45, 7) is 12.5. The third-order valence-electron chi connectivity index (χ3n) is 5.79. The largest absolute Gasteiger partial charge is 0.396 e. The summed E-state index contributed by atoms with van der Waals surface area (Å²) in [5.41, 5.74) is 3.74. The Morgan fingerprint density at radius 1 is 1.11 bits per heavy atom. The van der Waals surface area contributed by atoms with Crippen molar-refractivity contribution in [1.82, 2.24) is 0 Å². The van der Waals surface area contributed by atoms with Crippen molar-refractivity contribution in [2.24, 2.45) is 5.92 Å². The Morgan fingerprint density at radius 2 is 1.63 bits per heavy atom. The van der Waals surface area contributed by atoms with Crippen LogP contribution in [0.1, 0.15) is 46.5 Å². The Kier molecular flexibility index (Phi) is 4.13. The van der Waals surface area contributed by atoms with Gasteiger partial charge in [0.15, 0.2) is 0 Å². The van der Waals surface area contributed by atoms with Crippen LogP contribution in [0.2, 0.25) is 23.7 Å².